The molecule has 0 aromatic heterocycles. The van der Waals surface area contributed by atoms with Crippen LogP contribution >= 0.6 is 11.6 Å². The summed E-state index contributed by atoms with van der Waals surface area (Å²) >= 11 is 5.64. The fraction of sp³-hybridized carbons (Fsp3) is 0.133. The minimum atomic E-state index is -0.982. The van der Waals surface area contributed by atoms with E-state index < -0.39 is 17.7 Å². The maximum absolute atomic E-state index is 13.0. The number of carbonyl (C=O) groups is 1. The summed E-state index contributed by atoms with van der Waals surface area (Å²) in [5, 5.41) is 9.18. The first-order valence-electron chi connectivity index (χ1n) is 5.93. The van der Waals surface area contributed by atoms with Crippen molar-refractivity contribution in [1.82, 2.24) is 0 Å². The molecule has 3 nitrogen and oxygen atoms in total. The van der Waals surface area contributed by atoms with Gasteiger partial charge in [-0.3, -0.25) is 4.79 Å². The van der Waals surface area contributed by atoms with E-state index in [1.54, 1.807) is 24.3 Å². The molecular weight excluding hydrogens is 283 g/mol. The van der Waals surface area contributed by atoms with Gasteiger partial charge < -0.3 is 9.84 Å². The van der Waals surface area contributed by atoms with E-state index in [9.17, 15) is 14.3 Å². The second kappa shape index (κ2) is 6.39. The van der Waals surface area contributed by atoms with E-state index in [0.717, 1.165) is 0 Å². The Morgan fingerprint density at radius 1 is 1.25 bits per heavy atom. The van der Waals surface area contributed by atoms with E-state index in [1.807, 2.05) is 6.07 Å². The Morgan fingerprint density at radius 2 is 1.95 bits per heavy atom. The van der Waals surface area contributed by atoms with Gasteiger partial charge in [0.2, 0.25) is 0 Å². The van der Waals surface area contributed by atoms with Crippen molar-refractivity contribution in [3.63, 3.8) is 0 Å². The Labute approximate surface area is 120 Å². The Morgan fingerprint density at radius 3 is 2.55 bits per heavy atom. The lowest BCUT2D eigenvalue weighted by Crippen LogP contribution is -2.19. The summed E-state index contributed by atoms with van der Waals surface area (Å²) in [5.41, 5.74) is 0.646. The molecule has 2 rings (SSSR count). The number of carboxylic acid groups (broad SMARTS) is 1. The molecule has 0 spiro atoms. The highest BCUT2D eigenvalue weighted by Gasteiger charge is 2.20. The number of hydrogen-bond donors (Lipinski definition) is 1. The molecule has 2 aromatic rings. The van der Waals surface area contributed by atoms with Gasteiger partial charge in [-0.2, -0.15) is 0 Å². The van der Waals surface area contributed by atoms with Gasteiger partial charge in [0.05, 0.1) is 5.02 Å². The van der Waals surface area contributed by atoms with Crippen LogP contribution in [0.15, 0.2) is 48.5 Å². The molecule has 5 heteroatoms. The highest BCUT2D eigenvalue weighted by molar-refractivity contribution is 6.30. The van der Waals surface area contributed by atoms with Crippen molar-refractivity contribution < 1.29 is 19.0 Å². The average molecular weight is 295 g/mol. The molecule has 0 aliphatic carbocycles. The molecule has 1 N–H and O–H groups in total. The van der Waals surface area contributed by atoms with E-state index in [-0.39, 0.29) is 11.6 Å². The second-order valence-electron chi connectivity index (χ2n) is 4.19. The zero-order chi connectivity index (χ0) is 14.5. The molecule has 2 aromatic carbocycles. The quantitative estimate of drug-likeness (QED) is 0.914. The first-order valence-corrected chi connectivity index (χ1v) is 6.31. The monoisotopic (exact) mass is 294 g/mol. The lowest BCUT2D eigenvalue weighted by molar-refractivity contribution is -0.139. The van der Waals surface area contributed by atoms with Gasteiger partial charge in [0.1, 0.15) is 24.1 Å². The lowest BCUT2D eigenvalue weighted by Gasteiger charge is -2.14. The first kappa shape index (κ1) is 14.3. The summed E-state index contributed by atoms with van der Waals surface area (Å²) in [7, 11) is 0. The normalized spacial score (nSPS) is 11.9. The van der Waals surface area contributed by atoms with Crippen LogP contribution in [0.3, 0.4) is 0 Å². The number of carboxylic acids is 1. The maximum atomic E-state index is 13.0. The molecule has 0 heterocycles. The standard InChI is InChI=1S/C15H12ClFO3/c16-13-8-11(6-7-14(13)17)20-9-12(15(18)19)10-4-2-1-3-5-10/h1-8,12H,9H2,(H,18,19). The summed E-state index contributed by atoms with van der Waals surface area (Å²) in [6.45, 7) is -0.0543. The molecule has 0 aliphatic heterocycles. The minimum Gasteiger partial charge on any atom is -0.492 e. The average Bonchev–Trinajstić information content (AvgIpc) is 2.44. The summed E-state index contributed by atoms with van der Waals surface area (Å²) in [6, 6.07) is 12.7. The number of benzene rings is 2. The van der Waals surface area contributed by atoms with Crippen molar-refractivity contribution in [3.05, 3.63) is 64.9 Å². The molecule has 20 heavy (non-hydrogen) atoms. The predicted molar refractivity (Wildman–Crippen MR) is 73.7 cm³/mol. The third-order valence-corrected chi connectivity index (χ3v) is 3.10. The van der Waals surface area contributed by atoms with Crippen LogP contribution in [-0.4, -0.2) is 17.7 Å². The molecule has 0 amide bonds. The fourth-order valence-electron chi connectivity index (χ4n) is 1.74. The third kappa shape index (κ3) is 3.48. The molecule has 0 fully saturated rings. The van der Waals surface area contributed by atoms with Gasteiger partial charge in [-0.1, -0.05) is 41.9 Å². The van der Waals surface area contributed by atoms with E-state index in [4.69, 9.17) is 16.3 Å². The van der Waals surface area contributed by atoms with Crippen LogP contribution in [0.1, 0.15) is 11.5 Å². The summed E-state index contributed by atoms with van der Waals surface area (Å²) in [5.74, 6) is -1.99. The third-order valence-electron chi connectivity index (χ3n) is 2.81. The Bertz CT molecular complexity index is 601. The molecule has 1 atom stereocenters. The van der Waals surface area contributed by atoms with Gasteiger partial charge in [-0.05, 0) is 17.7 Å². The van der Waals surface area contributed by atoms with Gasteiger partial charge in [0.25, 0.3) is 0 Å². The van der Waals surface area contributed by atoms with Crippen LogP contribution in [0.25, 0.3) is 0 Å². The lowest BCUT2D eigenvalue weighted by atomic mass is 10.0. The molecule has 0 radical (unpaired) electrons. The minimum absolute atomic E-state index is 0.0543. The second-order valence-corrected chi connectivity index (χ2v) is 4.60. The fourth-order valence-corrected chi connectivity index (χ4v) is 1.91. The molecule has 104 valence electrons. The molecule has 1 unspecified atom stereocenters. The highest BCUT2D eigenvalue weighted by Crippen LogP contribution is 2.23. The van der Waals surface area contributed by atoms with Crippen molar-refractivity contribution in [1.29, 1.82) is 0 Å². The van der Waals surface area contributed by atoms with E-state index >= 15 is 0 Å². The van der Waals surface area contributed by atoms with Gasteiger partial charge in [-0.15, -0.1) is 0 Å². The summed E-state index contributed by atoms with van der Waals surface area (Å²) < 4.78 is 18.4. The topological polar surface area (TPSA) is 46.5 Å². The first-order chi connectivity index (χ1) is 9.58. The van der Waals surface area contributed by atoms with Crippen LogP contribution < -0.4 is 4.74 Å². The predicted octanol–water partition coefficient (Wildman–Crippen LogP) is 3.73. The number of halogens is 2. The SMILES string of the molecule is O=C(O)C(COc1ccc(F)c(Cl)c1)c1ccccc1. The van der Waals surface area contributed by atoms with Gasteiger partial charge in [0.15, 0.2) is 0 Å². The molecule has 0 aliphatic rings. The van der Waals surface area contributed by atoms with E-state index in [2.05, 4.69) is 0 Å². The van der Waals surface area contributed by atoms with Crippen molar-refractivity contribution in [2.45, 2.75) is 5.92 Å². The van der Waals surface area contributed by atoms with E-state index in [1.165, 1.54) is 18.2 Å². The van der Waals surface area contributed by atoms with Crippen LogP contribution in [0.4, 0.5) is 4.39 Å². The van der Waals surface area contributed by atoms with Crippen LogP contribution in [0.2, 0.25) is 5.02 Å². The van der Waals surface area contributed by atoms with Crippen molar-refractivity contribution >= 4 is 17.6 Å². The zero-order valence-electron chi connectivity index (χ0n) is 10.4. The smallest absolute Gasteiger partial charge is 0.314 e. The molecule has 0 bridgehead atoms. The van der Waals surface area contributed by atoms with Crippen molar-refractivity contribution in [2.75, 3.05) is 6.61 Å². The Balaban J connectivity index is 2.10. The zero-order valence-corrected chi connectivity index (χ0v) is 11.2. The van der Waals surface area contributed by atoms with E-state index in [0.29, 0.717) is 11.3 Å². The molecule has 0 saturated heterocycles. The van der Waals surface area contributed by atoms with Crippen molar-refractivity contribution in [3.8, 4) is 5.75 Å². The largest absolute Gasteiger partial charge is 0.492 e. The van der Waals surface area contributed by atoms with Gasteiger partial charge >= 0.3 is 5.97 Å². The number of rotatable bonds is 5. The highest BCUT2D eigenvalue weighted by atomic mass is 35.5. The molecular formula is C15H12ClFO3. The number of ether oxygens (including phenoxy) is 1. The van der Waals surface area contributed by atoms with Crippen LogP contribution in [0, 0.1) is 5.82 Å². The van der Waals surface area contributed by atoms with Gasteiger partial charge in [0, 0.05) is 6.07 Å². The maximum Gasteiger partial charge on any atom is 0.314 e. The molecule has 0 saturated carbocycles. The number of aliphatic carboxylic acids is 1. The Kier molecular flexibility index (Phi) is 4.58. The van der Waals surface area contributed by atoms with Crippen LogP contribution in [0.5, 0.6) is 5.75 Å². The summed E-state index contributed by atoms with van der Waals surface area (Å²) in [4.78, 5) is 11.3. The summed E-state index contributed by atoms with van der Waals surface area (Å²) in [6.07, 6.45) is 0. The number of hydrogen-bond acceptors (Lipinski definition) is 2. The van der Waals surface area contributed by atoms with Crippen LogP contribution in [-0.2, 0) is 4.79 Å². The van der Waals surface area contributed by atoms with Crippen molar-refractivity contribution in [2.24, 2.45) is 0 Å². The Hall–Kier alpha value is -2.07. The van der Waals surface area contributed by atoms with Gasteiger partial charge in [-0.25, -0.2) is 4.39 Å².